The first-order valence-electron chi connectivity index (χ1n) is 5.05. The van der Waals surface area contributed by atoms with E-state index in [1.165, 1.54) is 12.3 Å². The Bertz CT molecular complexity index is 423. The molecule has 1 aromatic rings. The summed E-state index contributed by atoms with van der Waals surface area (Å²) in [6.07, 6.45) is 1.96. The third kappa shape index (κ3) is 3.94. The summed E-state index contributed by atoms with van der Waals surface area (Å²) in [5, 5.41) is 22.7. The Labute approximate surface area is 107 Å². The van der Waals surface area contributed by atoms with Gasteiger partial charge in [-0.1, -0.05) is 0 Å². The van der Waals surface area contributed by atoms with E-state index in [-0.39, 0.29) is 18.1 Å². The number of nitrogens with one attached hydrogen (secondary N) is 1. The molecule has 0 atom stereocenters. The van der Waals surface area contributed by atoms with Gasteiger partial charge >= 0.3 is 5.69 Å². The van der Waals surface area contributed by atoms with Crippen LogP contribution in [0.1, 0.15) is 20.3 Å². The minimum atomic E-state index is -0.491. The van der Waals surface area contributed by atoms with E-state index in [1.807, 2.05) is 13.8 Å². The summed E-state index contributed by atoms with van der Waals surface area (Å²) >= 11 is 3.14. The van der Waals surface area contributed by atoms with Gasteiger partial charge in [-0.3, -0.25) is 10.1 Å². The number of hydrogen-bond acceptors (Lipinski definition) is 5. The van der Waals surface area contributed by atoms with Gasteiger partial charge in [0.1, 0.15) is 0 Å². The number of nitrogens with zero attached hydrogens (tertiary/aromatic N) is 2. The molecule has 7 heteroatoms. The molecule has 0 aliphatic carbocycles. The van der Waals surface area contributed by atoms with Crippen molar-refractivity contribution in [2.45, 2.75) is 25.8 Å². The van der Waals surface area contributed by atoms with E-state index in [4.69, 9.17) is 5.11 Å². The van der Waals surface area contributed by atoms with Crippen LogP contribution in [0.25, 0.3) is 0 Å². The molecule has 0 saturated carbocycles. The van der Waals surface area contributed by atoms with Crippen LogP contribution in [-0.2, 0) is 0 Å². The Morgan fingerprint density at radius 1 is 1.65 bits per heavy atom. The monoisotopic (exact) mass is 303 g/mol. The highest BCUT2D eigenvalue weighted by Gasteiger charge is 2.23. The van der Waals surface area contributed by atoms with Crippen LogP contribution in [0, 0.1) is 10.1 Å². The van der Waals surface area contributed by atoms with E-state index in [1.54, 1.807) is 0 Å². The molecule has 0 amide bonds. The zero-order valence-corrected chi connectivity index (χ0v) is 11.2. The van der Waals surface area contributed by atoms with Gasteiger partial charge in [-0.25, -0.2) is 4.98 Å². The van der Waals surface area contributed by atoms with E-state index in [0.717, 1.165) is 0 Å². The zero-order chi connectivity index (χ0) is 13.1. The molecule has 0 aromatic carbocycles. The molecule has 94 valence electrons. The summed E-state index contributed by atoms with van der Waals surface area (Å²) < 4.78 is 0.551. The lowest BCUT2D eigenvalue weighted by Gasteiger charge is -2.25. The molecular weight excluding hydrogens is 290 g/mol. The summed E-state index contributed by atoms with van der Waals surface area (Å²) in [5.74, 6) is 0.205. The van der Waals surface area contributed by atoms with Crippen molar-refractivity contribution in [1.29, 1.82) is 0 Å². The Kier molecular flexibility index (Phi) is 4.41. The van der Waals surface area contributed by atoms with Crippen LogP contribution in [0.3, 0.4) is 0 Å². The first-order valence-corrected chi connectivity index (χ1v) is 5.84. The van der Waals surface area contributed by atoms with Crippen molar-refractivity contribution in [2.75, 3.05) is 11.9 Å². The normalized spacial score (nSPS) is 11.3. The molecule has 1 aromatic heterocycles. The fourth-order valence-corrected chi connectivity index (χ4v) is 1.65. The summed E-state index contributed by atoms with van der Waals surface area (Å²) in [5.41, 5.74) is -0.550. The maximum Gasteiger partial charge on any atom is 0.312 e. The Balaban J connectivity index is 3.02. The molecule has 0 unspecified atom stereocenters. The number of aromatic nitrogens is 1. The van der Waals surface area contributed by atoms with Crippen LogP contribution in [0.15, 0.2) is 16.7 Å². The van der Waals surface area contributed by atoms with Gasteiger partial charge in [0.25, 0.3) is 0 Å². The number of rotatable bonds is 5. The average molecular weight is 304 g/mol. The largest absolute Gasteiger partial charge is 0.396 e. The van der Waals surface area contributed by atoms with Crippen molar-refractivity contribution in [1.82, 2.24) is 4.98 Å². The summed E-state index contributed by atoms with van der Waals surface area (Å²) in [6, 6.07) is 1.39. The lowest BCUT2D eigenvalue weighted by Crippen LogP contribution is -2.32. The van der Waals surface area contributed by atoms with Crippen molar-refractivity contribution in [3.05, 3.63) is 26.9 Å². The third-order valence-corrected chi connectivity index (χ3v) is 2.66. The number of aliphatic hydroxyl groups excluding tert-OH is 1. The fourth-order valence-electron chi connectivity index (χ4n) is 1.33. The number of anilines is 1. The molecule has 0 saturated heterocycles. The number of nitro groups is 1. The molecule has 0 radical (unpaired) electrons. The molecule has 0 bridgehead atoms. The highest BCUT2D eigenvalue weighted by Crippen LogP contribution is 2.28. The van der Waals surface area contributed by atoms with Crippen molar-refractivity contribution < 1.29 is 10.0 Å². The van der Waals surface area contributed by atoms with Gasteiger partial charge in [-0.15, -0.1) is 0 Å². The van der Waals surface area contributed by atoms with E-state index < -0.39 is 10.5 Å². The highest BCUT2D eigenvalue weighted by atomic mass is 79.9. The second-order valence-corrected chi connectivity index (χ2v) is 5.18. The first kappa shape index (κ1) is 13.9. The number of aliphatic hydroxyl groups is 1. The second-order valence-electron chi connectivity index (χ2n) is 4.26. The SMILES string of the molecule is CC(C)(CCO)Nc1ncc(Br)cc1[N+](=O)[O-]. The van der Waals surface area contributed by atoms with Crippen molar-refractivity contribution in [2.24, 2.45) is 0 Å². The van der Waals surface area contributed by atoms with Crippen LogP contribution < -0.4 is 5.32 Å². The van der Waals surface area contributed by atoms with E-state index >= 15 is 0 Å². The summed E-state index contributed by atoms with van der Waals surface area (Å²) in [7, 11) is 0. The standard InChI is InChI=1S/C10H14BrN3O3/c1-10(2,3-4-15)13-9-8(14(16)17)5-7(11)6-12-9/h5-6,15H,3-4H2,1-2H3,(H,12,13). The van der Waals surface area contributed by atoms with Crippen molar-refractivity contribution in [3.63, 3.8) is 0 Å². The Morgan fingerprint density at radius 3 is 2.82 bits per heavy atom. The van der Waals surface area contributed by atoms with Crippen LogP contribution in [0.5, 0.6) is 0 Å². The number of hydrogen-bond donors (Lipinski definition) is 2. The second kappa shape index (κ2) is 5.42. The molecule has 0 aliphatic heterocycles. The third-order valence-electron chi connectivity index (χ3n) is 2.22. The zero-order valence-electron chi connectivity index (χ0n) is 9.61. The van der Waals surface area contributed by atoms with Gasteiger partial charge in [0.15, 0.2) is 0 Å². The minimum Gasteiger partial charge on any atom is -0.396 e. The summed E-state index contributed by atoms with van der Waals surface area (Å²) in [6.45, 7) is 3.69. The van der Waals surface area contributed by atoms with Crippen LogP contribution >= 0.6 is 15.9 Å². The average Bonchev–Trinajstić information content (AvgIpc) is 2.20. The molecular formula is C10H14BrN3O3. The van der Waals surface area contributed by atoms with E-state index in [9.17, 15) is 10.1 Å². The molecule has 6 nitrogen and oxygen atoms in total. The van der Waals surface area contributed by atoms with Crippen LogP contribution in [0.2, 0.25) is 0 Å². The first-order chi connectivity index (χ1) is 7.85. The molecule has 0 aliphatic rings. The van der Waals surface area contributed by atoms with Gasteiger partial charge in [0, 0.05) is 28.9 Å². The van der Waals surface area contributed by atoms with Crippen LogP contribution in [-0.4, -0.2) is 27.2 Å². The van der Waals surface area contributed by atoms with Crippen molar-refractivity contribution >= 4 is 27.4 Å². The van der Waals surface area contributed by atoms with E-state index in [2.05, 4.69) is 26.2 Å². The number of halogens is 1. The minimum absolute atomic E-state index is 0.00429. The van der Waals surface area contributed by atoms with Crippen molar-refractivity contribution in [3.8, 4) is 0 Å². The van der Waals surface area contributed by atoms with Gasteiger partial charge in [-0.2, -0.15) is 0 Å². The van der Waals surface area contributed by atoms with Crippen LogP contribution in [0.4, 0.5) is 11.5 Å². The molecule has 17 heavy (non-hydrogen) atoms. The lowest BCUT2D eigenvalue weighted by atomic mass is 10.0. The molecule has 0 fully saturated rings. The predicted octanol–water partition coefficient (Wildman–Crippen LogP) is 2.33. The lowest BCUT2D eigenvalue weighted by molar-refractivity contribution is -0.384. The Hall–Kier alpha value is -1.21. The molecule has 1 rings (SSSR count). The topological polar surface area (TPSA) is 88.3 Å². The van der Waals surface area contributed by atoms with Gasteiger partial charge in [-0.05, 0) is 36.2 Å². The van der Waals surface area contributed by atoms with Gasteiger partial charge in [0.05, 0.1) is 4.92 Å². The Morgan fingerprint density at radius 2 is 2.29 bits per heavy atom. The highest BCUT2D eigenvalue weighted by molar-refractivity contribution is 9.10. The van der Waals surface area contributed by atoms with Gasteiger partial charge in [0.2, 0.25) is 5.82 Å². The predicted molar refractivity (Wildman–Crippen MR) is 68.0 cm³/mol. The fraction of sp³-hybridized carbons (Fsp3) is 0.500. The quantitative estimate of drug-likeness (QED) is 0.644. The van der Waals surface area contributed by atoms with E-state index in [0.29, 0.717) is 10.9 Å². The maximum absolute atomic E-state index is 10.9. The molecule has 0 spiro atoms. The molecule has 1 heterocycles. The number of pyridine rings is 1. The molecule has 2 N–H and O–H groups in total. The maximum atomic E-state index is 10.9. The summed E-state index contributed by atoms with van der Waals surface area (Å²) in [4.78, 5) is 14.4. The van der Waals surface area contributed by atoms with Gasteiger partial charge < -0.3 is 10.4 Å². The smallest absolute Gasteiger partial charge is 0.312 e.